The highest BCUT2D eigenvalue weighted by Crippen LogP contribution is 2.20. The van der Waals surface area contributed by atoms with Gasteiger partial charge in [0.1, 0.15) is 0 Å². The van der Waals surface area contributed by atoms with Crippen LogP contribution in [0, 0.1) is 0 Å². The highest BCUT2D eigenvalue weighted by atomic mass is 32.2. The van der Waals surface area contributed by atoms with Crippen LogP contribution in [0.5, 0.6) is 0 Å². The van der Waals surface area contributed by atoms with E-state index in [2.05, 4.69) is 12.1 Å². The Kier molecular flexibility index (Phi) is 7.91. The number of carbonyl (C=O) groups excluding carboxylic acids is 1. The van der Waals surface area contributed by atoms with Crippen LogP contribution in [0.15, 0.2) is 64.5 Å². The first-order valence-electron chi connectivity index (χ1n) is 10.9. The zero-order chi connectivity index (χ0) is 22.4. The number of hydrogen-bond donors (Lipinski definition) is 0. The van der Waals surface area contributed by atoms with Crippen LogP contribution in [-0.2, 0) is 17.8 Å². The third-order valence-corrected chi connectivity index (χ3v) is 6.20. The van der Waals surface area contributed by atoms with Crippen LogP contribution in [0.4, 0.5) is 0 Å². The number of benzene rings is 2. The van der Waals surface area contributed by atoms with Gasteiger partial charge < -0.3 is 4.90 Å². The molecular formula is C25H31N3O2S. The number of carbonyl (C=O) groups is 1. The van der Waals surface area contributed by atoms with Crippen LogP contribution in [0.25, 0.3) is 10.9 Å². The molecule has 6 heteroatoms. The maximum atomic E-state index is 13.2. The minimum Gasteiger partial charge on any atom is -0.337 e. The SMILES string of the molecule is CC(C)N(C(=O)CSc1nc2ccccc2c(=O)n1CCCc1ccccc1)C(C)C. The lowest BCUT2D eigenvalue weighted by Crippen LogP contribution is -2.43. The average Bonchev–Trinajstić information content (AvgIpc) is 2.74. The van der Waals surface area contributed by atoms with Crippen LogP contribution >= 0.6 is 11.8 Å². The van der Waals surface area contributed by atoms with E-state index in [0.717, 1.165) is 12.8 Å². The predicted molar refractivity (Wildman–Crippen MR) is 129 cm³/mol. The molecule has 3 aromatic rings. The Hall–Kier alpha value is -2.60. The lowest BCUT2D eigenvalue weighted by molar-refractivity contribution is -0.131. The summed E-state index contributed by atoms with van der Waals surface area (Å²) in [7, 11) is 0. The first kappa shape index (κ1) is 23.1. The molecule has 31 heavy (non-hydrogen) atoms. The minimum absolute atomic E-state index is 0.0433. The van der Waals surface area contributed by atoms with Crippen molar-refractivity contribution in [1.82, 2.24) is 14.5 Å². The standard InChI is InChI=1S/C25H31N3O2S/c1-18(2)28(19(3)4)23(29)17-31-25-26-22-15-9-8-14-21(22)24(30)27(25)16-10-13-20-11-6-5-7-12-20/h5-9,11-12,14-15,18-19H,10,13,16-17H2,1-4H3. The van der Waals surface area contributed by atoms with E-state index in [9.17, 15) is 9.59 Å². The summed E-state index contributed by atoms with van der Waals surface area (Å²) in [5, 5.41) is 1.22. The second-order valence-electron chi connectivity index (χ2n) is 8.23. The molecular weight excluding hydrogens is 406 g/mol. The van der Waals surface area contributed by atoms with E-state index in [1.165, 1.54) is 17.3 Å². The van der Waals surface area contributed by atoms with E-state index in [0.29, 0.717) is 22.6 Å². The fraction of sp³-hybridized carbons (Fsp3) is 0.400. The van der Waals surface area contributed by atoms with Gasteiger partial charge in [-0.15, -0.1) is 0 Å². The molecule has 0 aliphatic carbocycles. The summed E-state index contributed by atoms with van der Waals surface area (Å²) in [4.78, 5) is 32.7. The van der Waals surface area contributed by atoms with Gasteiger partial charge in [-0.05, 0) is 58.2 Å². The molecule has 0 bridgehead atoms. The summed E-state index contributed by atoms with van der Waals surface area (Å²) in [6.07, 6.45) is 1.72. The monoisotopic (exact) mass is 437 g/mol. The van der Waals surface area contributed by atoms with Crippen molar-refractivity contribution in [1.29, 1.82) is 0 Å². The van der Waals surface area contributed by atoms with Gasteiger partial charge in [-0.2, -0.15) is 0 Å². The third-order valence-electron chi connectivity index (χ3n) is 5.24. The quantitative estimate of drug-likeness (QED) is 0.358. The Morgan fingerprint density at radius 1 is 1.00 bits per heavy atom. The van der Waals surface area contributed by atoms with Gasteiger partial charge in [0.05, 0.1) is 16.7 Å². The molecule has 0 N–H and O–H groups in total. The van der Waals surface area contributed by atoms with Gasteiger partial charge >= 0.3 is 0 Å². The Morgan fingerprint density at radius 2 is 1.65 bits per heavy atom. The molecule has 0 unspecified atom stereocenters. The molecule has 0 atom stereocenters. The Morgan fingerprint density at radius 3 is 2.32 bits per heavy atom. The zero-order valence-corrected chi connectivity index (χ0v) is 19.6. The van der Waals surface area contributed by atoms with Gasteiger partial charge in [0.15, 0.2) is 5.16 Å². The normalized spacial score (nSPS) is 11.4. The van der Waals surface area contributed by atoms with Crippen molar-refractivity contribution in [2.24, 2.45) is 0 Å². The molecule has 1 amide bonds. The van der Waals surface area contributed by atoms with Crippen molar-refractivity contribution in [2.45, 2.75) is 64.3 Å². The van der Waals surface area contributed by atoms with Gasteiger partial charge in [0.25, 0.3) is 5.56 Å². The molecule has 0 radical (unpaired) electrons. The lowest BCUT2D eigenvalue weighted by atomic mass is 10.1. The fourth-order valence-electron chi connectivity index (χ4n) is 3.91. The molecule has 0 fully saturated rings. The first-order valence-corrected chi connectivity index (χ1v) is 11.8. The maximum Gasteiger partial charge on any atom is 0.262 e. The predicted octanol–water partition coefficient (Wildman–Crippen LogP) is 4.77. The second-order valence-corrected chi connectivity index (χ2v) is 9.18. The summed E-state index contributed by atoms with van der Waals surface area (Å²) in [6.45, 7) is 8.67. The molecule has 0 aliphatic heterocycles. The van der Waals surface area contributed by atoms with Crippen LogP contribution < -0.4 is 5.56 Å². The summed E-state index contributed by atoms with van der Waals surface area (Å²) in [6, 6.07) is 17.9. The number of aromatic nitrogens is 2. The van der Waals surface area contributed by atoms with E-state index in [4.69, 9.17) is 4.98 Å². The number of thioether (sulfide) groups is 1. The molecule has 0 saturated heterocycles. The third kappa shape index (κ3) is 5.76. The second kappa shape index (κ2) is 10.6. The van der Waals surface area contributed by atoms with E-state index in [-0.39, 0.29) is 29.3 Å². The number of nitrogens with zero attached hydrogens (tertiary/aromatic N) is 3. The first-order chi connectivity index (χ1) is 14.9. The van der Waals surface area contributed by atoms with Crippen molar-refractivity contribution in [3.05, 3.63) is 70.5 Å². The maximum absolute atomic E-state index is 13.2. The number of fused-ring (bicyclic) bond motifs is 1. The van der Waals surface area contributed by atoms with Crippen molar-refractivity contribution in [3.8, 4) is 0 Å². The number of hydrogen-bond acceptors (Lipinski definition) is 4. The van der Waals surface area contributed by atoms with E-state index >= 15 is 0 Å². The number of rotatable bonds is 9. The van der Waals surface area contributed by atoms with Crippen molar-refractivity contribution < 1.29 is 4.79 Å². The Bertz CT molecular complexity index is 1070. The van der Waals surface area contributed by atoms with Gasteiger partial charge in [0, 0.05) is 18.6 Å². The summed E-state index contributed by atoms with van der Waals surface area (Å²) in [5.74, 6) is 0.327. The van der Waals surface area contributed by atoms with Crippen molar-refractivity contribution in [2.75, 3.05) is 5.75 Å². The highest BCUT2D eigenvalue weighted by molar-refractivity contribution is 7.99. The van der Waals surface area contributed by atoms with E-state index in [1.54, 1.807) is 4.57 Å². The molecule has 0 aliphatic rings. The van der Waals surface area contributed by atoms with Crippen molar-refractivity contribution in [3.63, 3.8) is 0 Å². The molecule has 5 nitrogen and oxygen atoms in total. The molecule has 2 aromatic carbocycles. The molecule has 0 saturated carbocycles. The van der Waals surface area contributed by atoms with Gasteiger partial charge in [-0.25, -0.2) is 4.98 Å². The lowest BCUT2D eigenvalue weighted by Gasteiger charge is -2.30. The van der Waals surface area contributed by atoms with Gasteiger partial charge in [0.2, 0.25) is 5.91 Å². The van der Waals surface area contributed by atoms with Gasteiger partial charge in [-0.1, -0.05) is 54.2 Å². The Balaban J connectivity index is 1.83. The molecule has 0 spiro atoms. The minimum atomic E-state index is -0.0433. The summed E-state index contributed by atoms with van der Waals surface area (Å²) in [5.41, 5.74) is 1.88. The average molecular weight is 438 g/mol. The van der Waals surface area contributed by atoms with Crippen LogP contribution in [0.2, 0.25) is 0 Å². The molecule has 3 rings (SSSR count). The number of amides is 1. The van der Waals surface area contributed by atoms with Gasteiger partial charge in [-0.3, -0.25) is 14.2 Å². The van der Waals surface area contributed by atoms with Crippen LogP contribution in [-0.4, -0.2) is 38.2 Å². The number of aryl methyl sites for hydroxylation is 1. The number of para-hydroxylation sites is 1. The van der Waals surface area contributed by atoms with Crippen LogP contribution in [0.3, 0.4) is 0 Å². The summed E-state index contributed by atoms with van der Waals surface area (Å²) >= 11 is 1.35. The topological polar surface area (TPSA) is 55.2 Å². The molecule has 164 valence electrons. The molecule has 1 aromatic heterocycles. The van der Waals surface area contributed by atoms with Crippen molar-refractivity contribution >= 4 is 28.6 Å². The van der Waals surface area contributed by atoms with E-state index in [1.807, 2.05) is 75.1 Å². The molecule has 1 heterocycles. The highest BCUT2D eigenvalue weighted by Gasteiger charge is 2.21. The fourth-order valence-corrected chi connectivity index (χ4v) is 4.81. The Labute approximate surface area is 188 Å². The smallest absolute Gasteiger partial charge is 0.262 e. The van der Waals surface area contributed by atoms with E-state index < -0.39 is 0 Å². The largest absolute Gasteiger partial charge is 0.337 e. The zero-order valence-electron chi connectivity index (χ0n) is 18.7. The van der Waals surface area contributed by atoms with Crippen LogP contribution in [0.1, 0.15) is 39.7 Å². The summed E-state index contributed by atoms with van der Waals surface area (Å²) < 4.78 is 1.73.